The number of benzene rings is 2. The highest BCUT2D eigenvalue weighted by molar-refractivity contribution is 8.00. The first kappa shape index (κ1) is 23.1. The summed E-state index contributed by atoms with van der Waals surface area (Å²) in [4.78, 5) is 44.2. The Balaban J connectivity index is 1.30. The van der Waals surface area contributed by atoms with Gasteiger partial charge in [-0.05, 0) is 60.1 Å². The summed E-state index contributed by atoms with van der Waals surface area (Å²) < 4.78 is 40.0. The molecular formula is C26H19F3N2O4S2. The maximum Gasteiger partial charge on any atom is 0.416 e. The van der Waals surface area contributed by atoms with Gasteiger partial charge in [0.15, 0.2) is 0 Å². The SMILES string of the molecule is O=C1[C@@H]2[C@@H]3C[C@H]([C@H]4Sc5[nH]c(=O)sc5[C@@H](c5ccc(O)cc5)[C@H]34)[C@@H]2C(=O)N1c1cccc(C(F)(F)F)c1. The molecule has 7 rings (SSSR count). The van der Waals surface area contributed by atoms with Gasteiger partial charge >= 0.3 is 11.0 Å². The lowest BCUT2D eigenvalue weighted by molar-refractivity contribution is -0.137. The number of anilines is 1. The van der Waals surface area contributed by atoms with Gasteiger partial charge in [-0.2, -0.15) is 13.2 Å². The van der Waals surface area contributed by atoms with Crippen molar-refractivity contribution < 1.29 is 27.9 Å². The molecule has 6 nitrogen and oxygen atoms in total. The number of carbonyl (C=O) groups is 2. The second kappa shape index (κ2) is 7.73. The Bertz CT molecular complexity index is 1510. The number of carbonyl (C=O) groups excluding carboxylic acids is 2. The third-order valence-corrected chi connectivity index (χ3v) is 11.0. The monoisotopic (exact) mass is 544 g/mol. The number of alkyl halides is 3. The molecule has 4 aliphatic rings. The van der Waals surface area contributed by atoms with Crippen LogP contribution in [0.25, 0.3) is 0 Å². The summed E-state index contributed by atoms with van der Waals surface area (Å²) in [6.45, 7) is 0. The highest BCUT2D eigenvalue weighted by Crippen LogP contribution is 2.68. The fourth-order valence-electron chi connectivity index (χ4n) is 7.15. The number of thioether (sulfide) groups is 1. The largest absolute Gasteiger partial charge is 0.508 e. The number of H-pyrrole nitrogens is 1. The van der Waals surface area contributed by atoms with Crippen molar-refractivity contribution >= 4 is 40.6 Å². The molecule has 0 spiro atoms. The van der Waals surface area contributed by atoms with Gasteiger partial charge in [0.2, 0.25) is 11.8 Å². The second-order valence-corrected chi connectivity index (χ2v) is 12.3. The van der Waals surface area contributed by atoms with Crippen LogP contribution in [0.3, 0.4) is 0 Å². The van der Waals surface area contributed by atoms with Gasteiger partial charge in [-0.25, -0.2) is 0 Å². The van der Waals surface area contributed by atoms with E-state index in [0.717, 1.165) is 43.8 Å². The van der Waals surface area contributed by atoms with E-state index in [4.69, 9.17) is 0 Å². The number of phenolic OH excluding ortho intramolecular Hbond substituents is 1. The molecule has 2 aliphatic heterocycles. The van der Waals surface area contributed by atoms with Crippen molar-refractivity contribution in [2.24, 2.45) is 29.6 Å². The molecule has 0 radical (unpaired) electrons. The molecule has 3 fully saturated rings. The van der Waals surface area contributed by atoms with Crippen LogP contribution >= 0.6 is 23.1 Å². The number of aromatic nitrogens is 1. The molecule has 3 aromatic rings. The van der Waals surface area contributed by atoms with Crippen molar-refractivity contribution in [2.45, 2.75) is 28.8 Å². The van der Waals surface area contributed by atoms with Crippen LogP contribution in [0, 0.1) is 29.6 Å². The average Bonchev–Trinajstić information content (AvgIpc) is 3.58. The van der Waals surface area contributed by atoms with Crippen LogP contribution in [-0.4, -0.2) is 27.2 Å². The van der Waals surface area contributed by atoms with Gasteiger partial charge < -0.3 is 10.1 Å². The van der Waals surface area contributed by atoms with E-state index in [1.165, 1.54) is 12.1 Å². The summed E-state index contributed by atoms with van der Waals surface area (Å²) in [6, 6.07) is 11.2. The average molecular weight is 545 g/mol. The number of fused-ring (bicyclic) bond motifs is 9. The molecule has 2 amide bonds. The zero-order chi connectivity index (χ0) is 25.8. The maximum absolute atomic E-state index is 13.7. The topological polar surface area (TPSA) is 90.5 Å². The van der Waals surface area contributed by atoms with Gasteiger partial charge in [0.05, 0.1) is 28.1 Å². The zero-order valence-electron chi connectivity index (χ0n) is 18.9. The van der Waals surface area contributed by atoms with Crippen LogP contribution in [0.5, 0.6) is 5.75 Å². The van der Waals surface area contributed by atoms with E-state index >= 15 is 0 Å². The fraction of sp³-hybridized carbons (Fsp3) is 0.346. The first-order valence-electron chi connectivity index (χ1n) is 11.9. The normalized spacial score (nSPS) is 32.0. The number of phenols is 1. The Hall–Kier alpha value is -3.05. The Morgan fingerprint density at radius 2 is 1.68 bits per heavy atom. The lowest BCUT2D eigenvalue weighted by atomic mass is 9.68. The highest BCUT2D eigenvalue weighted by Gasteiger charge is 2.69. The molecule has 190 valence electrons. The van der Waals surface area contributed by atoms with Gasteiger partial charge in [0, 0.05) is 16.0 Å². The third kappa shape index (κ3) is 3.22. The number of hydrogen-bond acceptors (Lipinski definition) is 6. The van der Waals surface area contributed by atoms with Crippen molar-refractivity contribution in [3.8, 4) is 5.75 Å². The molecule has 0 unspecified atom stereocenters. The van der Waals surface area contributed by atoms with Crippen LogP contribution in [0.15, 0.2) is 58.4 Å². The highest BCUT2D eigenvalue weighted by atomic mass is 32.2. The minimum absolute atomic E-state index is 0.0268. The molecule has 37 heavy (non-hydrogen) atoms. The number of halogens is 3. The van der Waals surface area contributed by atoms with Crippen LogP contribution in [0.2, 0.25) is 0 Å². The number of rotatable bonds is 2. The Labute approximate surface area is 216 Å². The Kier molecular flexibility index (Phi) is 4.83. The van der Waals surface area contributed by atoms with Crippen molar-refractivity contribution in [3.63, 3.8) is 0 Å². The molecular weight excluding hydrogens is 525 g/mol. The van der Waals surface area contributed by atoms with Crippen molar-refractivity contribution in [2.75, 3.05) is 4.90 Å². The van der Waals surface area contributed by atoms with Gasteiger partial charge in [-0.3, -0.25) is 19.3 Å². The van der Waals surface area contributed by atoms with Gasteiger partial charge in [-0.1, -0.05) is 29.5 Å². The van der Waals surface area contributed by atoms with Crippen LogP contribution < -0.4 is 9.77 Å². The summed E-state index contributed by atoms with van der Waals surface area (Å²) >= 11 is 2.68. The number of nitrogens with zero attached hydrogens (tertiary/aromatic N) is 1. The lowest BCUT2D eigenvalue weighted by Gasteiger charge is -2.43. The number of nitrogens with one attached hydrogen (secondary N) is 1. The number of amides is 2. The van der Waals surface area contributed by atoms with Gasteiger partial charge in [0.1, 0.15) is 5.75 Å². The lowest BCUT2D eigenvalue weighted by Crippen LogP contribution is -2.42. The van der Waals surface area contributed by atoms with E-state index in [1.807, 2.05) is 12.1 Å². The van der Waals surface area contributed by atoms with E-state index in [0.29, 0.717) is 6.42 Å². The molecule has 7 atom stereocenters. The number of thiazole rings is 1. The van der Waals surface area contributed by atoms with Crippen LogP contribution in [-0.2, 0) is 15.8 Å². The maximum atomic E-state index is 13.7. The molecule has 3 heterocycles. The standard InChI is InChI=1S/C26H19F3N2O4S2/c27-26(28,29)11-2-1-3-12(8-11)31-23(33)18-14-9-15(19(18)24(31)34)20-17(14)16(10-4-6-13(32)7-5-10)21-22(36-20)30-25(35)37-21/h1-8,14-20,32H,9H2,(H,30,35)/t14-,15+,16+,17+,18-,19+,20-/m1/s1. The Morgan fingerprint density at radius 3 is 2.38 bits per heavy atom. The quantitative estimate of drug-likeness (QED) is 0.451. The van der Waals surface area contributed by atoms with E-state index in [2.05, 4.69) is 4.98 Å². The Morgan fingerprint density at radius 1 is 0.973 bits per heavy atom. The van der Waals surface area contributed by atoms with E-state index in [-0.39, 0.29) is 45.2 Å². The van der Waals surface area contributed by atoms with Crippen molar-refractivity contribution in [3.05, 3.63) is 74.2 Å². The molecule has 2 saturated carbocycles. The van der Waals surface area contributed by atoms with Crippen LogP contribution in [0.4, 0.5) is 18.9 Å². The molecule has 2 bridgehead atoms. The molecule has 11 heteroatoms. The molecule has 1 aromatic heterocycles. The second-order valence-electron chi connectivity index (χ2n) is 10.1. The predicted octanol–water partition coefficient (Wildman–Crippen LogP) is 4.84. The summed E-state index contributed by atoms with van der Waals surface area (Å²) in [7, 11) is 0. The van der Waals surface area contributed by atoms with Gasteiger partial charge in [-0.15, -0.1) is 11.8 Å². The van der Waals surface area contributed by atoms with Crippen molar-refractivity contribution in [1.29, 1.82) is 0 Å². The molecule has 2 N–H and O–H groups in total. The minimum Gasteiger partial charge on any atom is -0.508 e. The summed E-state index contributed by atoms with van der Waals surface area (Å²) in [5, 5.41) is 10.6. The predicted molar refractivity (Wildman–Crippen MR) is 131 cm³/mol. The third-order valence-electron chi connectivity index (χ3n) is 8.41. The van der Waals surface area contributed by atoms with E-state index in [1.54, 1.807) is 23.9 Å². The molecule has 2 aromatic carbocycles. The van der Waals surface area contributed by atoms with Gasteiger partial charge in [0.25, 0.3) is 0 Å². The zero-order valence-corrected chi connectivity index (χ0v) is 20.6. The van der Waals surface area contributed by atoms with Crippen LogP contribution in [0.1, 0.15) is 28.3 Å². The van der Waals surface area contributed by atoms with E-state index < -0.39 is 35.4 Å². The number of hydrogen-bond donors (Lipinski definition) is 2. The number of aromatic amines is 1. The molecule has 1 saturated heterocycles. The summed E-state index contributed by atoms with van der Waals surface area (Å²) in [6.07, 6.45) is -3.91. The summed E-state index contributed by atoms with van der Waals surface area (Å²) in [5.74, 6) is -2.45. The first-order valence-corrected chi connectivity index (χ1v) is 13.6. The molecule has 2 aliphatic carbocycles. The summed E-state index contributed by atoms with van der Waals surface area (Å²) in [5.41, 5.74) is -0.0383. The van der Waals surface area contributed by atoms with E-state index in [9.17, 15) is 32.7 Å². The first-order chi connectivity index (χ1) is 17.6. The number of imide groups is 1. The smallest absolute Gasteiger partial charge is 0.416 e. The number of aromatic hydroxyl groups is 1. The van der Waals surface area contributed by atoms with Crippen molar-refractivity contribution in [1.82, 2.24) is 4.98 Å². The minimum atomic E-state index is -4.59. The fourth-order valence-corrected chi connectivity index (χ4v) is 10.0.